The third-order valence-electron chi connectivity index (χ3n) is 3.39. The fourth-order valence-electron chi connectivity index (χ4n) is 2.30. The molecule has 0 unspecified atom stereocenters. The number of hydrogen-bond donors (Lipinski definition) is 2. The van der Waals surface area contributed by atoms with Gasteiger partial charge in [-0.2, -0.15) is 0 Å². The summed E-state index contributed by atoms with van der Waals surface area (Å²) >= 11 is 0. The molecule has 0 radical (unpaired) electrons. The molecule has 3 nitrogen and oxygen atoms in total. The summed E-state index contributed by atoms with van der Waals surface area (Å²) in [6.07, 6.45) is 9.05. The number of nitrogens with two attached hydrogens (primary N) is 1. The highest BCUT2D eigenvalue weighted by Gasteiger charge is 2.23. The molecule has 0 heterocycles. The zero-order valence-electron chi connectivity index (χ0n) is 10.5. The normalized spacial score (nSPS) is 24.4. The van der Waals surface area contributed by atoms with Crippen LogP contribution in [0.3, 0.4) is 0 Å². The Morgan fingerprint density at radius 1 is 1.24 bits per heavy atom. The van der Waals surface area contributed by atoms with Crippen molar-refractivity contribution in [2.75, 3.05) is 0 Å². The maximum atomic E-state index is 12.0. The highest BCUT2D eigenvalue weighted by atomic mass is 16.1. The van der Waals surface area contributed by atoms with Crippen LogP contribution >= 0.6 is 0 Å². The van der Waals surface area contributed by atoms with Crippen molar-refractivity contribution in [3.8, 4) is 0 Å². The van der Waals surface area contributed by atoms with Crippen LogP contribution in [0.1, 0.15) is 38.5 Å². The highest BCUT2D eigenvalue weighted by Crippen LogP contribution is 2.18. The van der Waals surface area contributed by atoms with E-state index in [2.05, 4.69) is 18.5 Å². The van der Waals surface area contributed by atoms with Crippen molar-refractivity contribution >= 4 is 5.91 Å². The number of amides is 1. The summed E-state index contributed by atoms with van der Waals surface area (Å²) in [5.41, 5.74) is 5.84. The average molecular weight is 236 g/mol. The van der Waals surface area contributed by atoms with Crippen molar-refractivity contribution in [2.45, 2.75) is 50.6 Å². The first-order valence-electron chi connectivity index (χ1n) is 6.45. The van der Waals surface area contributed by atoms with Crippen molar-refractivity contribution in [3.05, 3.63) is 25.3 Å². The molecule has 3 heteroatoms. The molecule has 96 valence electrons. The van der Waals surface area contributed by atoms with E-state index in [0.717, 1.165) is 25.7 Å². The molecular weight excluding hydrogens is 212 g/mol. The van der Waals surface area contributed by atoms with Crippen molar-refractivity contribution < 1.29 is 4.79 Å². The van der Waals surface area contributed by atoms with Gasteiger partial charge in [0.1, 0.15) is 0 Å². The molecule has 3 N–H and O–H groups in total. The van der Waals surface area contributed by atoms with Crippen molar-refractivity contribution in [1.29, 1.82) is 0 Å². The lowest BCUT2D eigenvalue weighted by Gasteiger charge is -2.28. The maximum absolute atomic E-state index is 12.0. The minimum atomic E-state index is -0.0133. The van der Waals surface area contributed by atoms with Crippen LogP contribution in [0.25, 0.3) is 0 Å². The topological polar surface area (TPSA) is 55.1 Å². The van der Waals surface area contributed by atoms with Gasteiger partial charge in [0, 0.05) is 18.0 Å². The van der Waals surface area contributed by atoms with Crippen LogP contribution in [0.4, 0.5) is 0 Å². The van der Waals surface area contributed by atoms with Crippen LogP contribution in [0, 0.1) is 5.92 Å². The third kappa shape index (κ3) is 4.73. The van der Waals surface area contributed by atoms with E-state index in [0.29, 0.717) is 24.9 Å². The molecule has 1 aliphatic rings. The molecule has 0 bridgehead atoms. The van der Waals surface area contributed by atoms with Gasteiger partial charge in [-0.05, 0) is 38.5 Å². The minimum Gasteiger partial charge on any atom is -0.353 e. The van der Waals surface area contributed by atoms with Gasteiger partial charge in [-0.15, -0.1) is 13.2 Å². The fraction of sp³-hybridized carbons (Fsp3) is 0.643. The standard InChI is InChI=1S/C14H24N2O/c1-3-5-11(6-4-2)14(17)16-13-9-7-12(15)8-10-13/h3-4,11-13H,1-2,5-10,15H2,(H,16,17). The van der Waals surface area contributed by atoms with E-state index in [-0.39, 0.29) is 11.8 Å². The van der Waals surface area contributed by atoms with Gasteiger partial charge in [-0.25, -0.2) is 0 Å². The van der Waals surface area contributed by atoms with E-state index in [1.54, 1.807) is 12.2 Å². The van der Waals surface area contributed by atoms with Crippen molar-refractivity contribution in [1.82, 2.24) is 5.32 Å². The number of carbonyl (C=O) groups is 1. The zero-order valence-corrected chi connectivity index (χ0v) is 10.5. The Morgan fingerprint density at radius 2 is 1.76 bits per heavy atom. The van der Waals surface area contributed by atoms with Crippen molar-refractivity contribution in [3.63, 3.8) is 0 Å². The first kappa shape index (κ1) is 14.0. The summed E-state index contributed by atoms with van der Waals surface area (Å²) in [7, 11) is 0. The quantitative estimate of drug-likeness (QED) is 0.694. The SMILES string of the molecule is C=CCC(CC=C)C(=O)NC1CCC(N)CC1. The lowest BCUT2D eigenvalue weighted by molar-refractivity contribution is -0.125. The predicted octanol–water partition coefficient (Wildman–Crippen LogP) is 2.14. The highest BCUT2D eigenvalue weighted by molar-refractivity contribution is 5.79. The van der Waals surface area contributed by atoms with E-state index < -0.39 is 0 Å². The molecule has 17 heavy (non-hydrogen) atoms. The Kier molecular flexibility index (Phi) is 5.98. The molecule has 1 amide bonds. The minimum absolute atomic E-state index is 0.0133. The largest absolute Gasteiger partial charge is 0.353 e. The second kappa shape index (κ2) is 7.28. The monoisotopic (exact) mass is 236 g/mol. The van der Waals surface area contributed by atoms with Gasteiger partial charge in [0.2, 0.25) is 5.91 Å². The van der Waals surface area contributed by atoms with Gasteiger partial charge in [0.25, 0.3) is 0 Å². The molecule has 1 rings (SSSR count). The molecule has 0 aromatic rings. The average Bonchev–Trinajstić information content (AvgIpc) is 2.32. The molecule has 0 aliphatic heterocycles. The van der Waals surface area contributed by atoms with Gasteiger partial charge < -0.3 is 11.1 Å². The molecule has 1 fully saturated rings. The van der Waals surface area contributed by atoms with Gasteiger partial charge in [-0.1, -0.05) is 12.2 Å². The Hall–Kier alpha value is -1.09. The number of allylic oxidation sites excluding steroid dienone is 2. The molecule has 0 aromatic carbocycles. The summed E-state index contributed by atoms with van der Waals surface area (Å²) in [5.74, 6) is 0.117. The van der Waals surface area contributed by atoms with Gasteiger partial charge in [0.05, 0.1) is 0 Å². The lowest BCUT2D eigenvalue weighted by Crippen LogP contribution is -2.42. The van der Waals surface area contributed by atoms with E-state index in [1.165, 1.54) is 0 Å². The van der Waals surface area contributed by atoms with Crippen LogP contribution < -0.4 is 11.1 Å². The van der Waals surface area contributed by atoms with E-state index in [1.807, 2.05) is 0 Å². The van der Waals surface area contributed by atoms with Gasteiger partial charge in [-0.3, -0.25) is 4.79 Å². The molecule has 1 saturated carbocycles. The second-order valence-electron chi connectivity index (χ2n) is 4.87. The Balaban J connectivity index is 2.40. The van der Waals surface area contributed by atoms with E-state index in [4.69, 9.17) is 5.73 Å². The number of rotatable bonds is 6. The van der Waals surface area contributed by atoms with E-state index in [9.17, 15) is 4.79 Å². The molecule has 0 spiro atoms. The Morgan fingerprint density at radius 3 is 2.24 bits per heavy atom. The Bertz CT molecular complexity index is 257. The molecule has 0 saturated heterocycles. The van der Waals surface area contributed by atoms with Crippen LogP contribution in [0.2, 0.25) is 0 Å². The first-order valence-corrected chi connectivity index (χ1v) is 6.45. The summed E-state index contributed by atoms with van der Waals surface area (Å²) in [4.78, 5) is 12.0. The Labute approximate surface area is 104 Å². The fourth-order valence-corrected chi connectivity index (χ4v) is 2.30. The summed E-state index contributed by atoms with van der Waals surface area (Å²) in [6, 6.07) is 0.625. The molecule has 1 aliphatic carbocycles. The van der Waals surface area contributed by atoms with Crippen LogP contribution in [0.5, 0.6) is 0 Å². The molecule has 0 aromatic heterocycles. The van der Waals surface area contributed by atoms with Crippen LogP contribution in [-0.2, 0) is 4.79 Å². The lowest BCUT2D eigenvalue weighted by atomic mass is 9.91. The van der Waals surface area contributed by atoms with Crippen molar-refractivity contribution in [2.24, 2.45) is 11.7 Å². The smallest absolute Gasteiger partial charge is 0.223 e. The van der Waals surface area contributed by atoms with Crippen LogP contribution in [0.15, 0.2) is 25.3 Å². The number of carbonyl (C=O) groups excluding carboxylic acids is 1. The van der Waals surface area contributed by atoms with Gasteiger partial charge in [0.15, 0.2) is 0 Å². The van der Waals surface area contributed by atoms with Gasteiger partial charge >= 0.3 is 0 Å². The molecular formula is C14H24N2O. The second-order valence-corrected chi connectivity index (χ2v) is 4.87. The molecule has 0 atom stereocenters. The predicted molar refractivity (Wildman–Crippen MR) is 71.5 cm³/mol. The van der Waals surface area contributed by atoms with E-state index >= 15 is 0 Å². The number of hydrogen-bond acceptors (Lipinski definition) is 2. The summed E-state index contributed by atoms with van der Waals surface area (Å²) in [5, 5.41) is 3.12. The first-order chi connectivity index (χ1) is 8.17. The summed E-state index contributed by atoms with van der Waals surface area (Å²) in [6.45, 7) is 7.38. The summed E-state index contributed by atoms with van der Waals surface area (Å²) < 4.78 is 0. The maximum Gasteiger partial charge on any atom is 0.223 e. The van der Waals surface area contributed by atoms with Crippen LogP contribution in [-0.4, -0.2) is 18.0 Å². The third-order valence-corrected chi connectivity index (χ3v) is 3.39. The number of nitrogens with one attached hydrogen (secondary N) is 1. The zero-order chi connectivity index (χ0) is 12.7.